The molecular formula is C36H46Cl2N6O6S. The largest absolute Gasteiger partial charge is 0.459 e. The number of benzene rings is 1. The normalized spacial score (nSPS) is 17.5. The lowest BCUT2D eigenvalue weighted by Crippen LogP contribution is -2.43. The number of aromatic nitrogens is 3. The number of hydrogen-bond acceptors (Lipinski definition) is 9. The molecule has 2 aromatic heterocycles. The van der Waals surface area contributed by atoms with Gasteiger partial charge in [-0.3, -0.25) is 18.6 Å². The third-order valence-corrected chi connectivity index (χ3v) is 10.8. The first-order chi connectivity index (χ1) is 23.9. The van der Waals surface area contributed by atoms with Gasteiger partial charge in [-0.25, -0.2) is 13.2 Å². The number of piperidine rings is 1. The van der Waals surface area contributed by atoms with Crippen LogP contribution in [-0.4, -0.2) is 89.3 Å². The summed E-state index contributed by atoms with van der Waals surface area (Å²) in [6, 6.07) is 10.4. The summed E-state index contributed by atoms with van der Waals surface area (Å²) in [6.07, 6.45) is 7.74. The van der Waals surface area contributed by atoms with Gasteiger partial charge in [-0.2, -0.15) is 0 Å². The molecule has 276 valence electrons. The number of allylic oxidation sites excluding steroid dienone is 3. The van der Waals surface area contributed by atoms with E-state index < -0.39 is 45.1 Å². The molecule has 0 bridgehead atoms. The van der Waals surface area contributed by atoms with E-state index >= 15 is 0 Å². The molecule has 0 radical (unpaired) electrons. The Balaban J connectivity index is 1.43. The molecule has 0 N–H and O–H groups in total. The molecule has 1 aromatic carbocycles. The number of amides is 1. The number of carbonyl (C=O) groups excluding carboxylic acids is 2. The van der Waals surface area contributed by atoms with Gasteiger partial charge in [0.2, 0.25) is 10.0 Å². The molecule has 2 aliphatic rings. The number of esters is 1. The van der Waals surface area contributed by atoms with E-state index in [0.29, 0.717) is 35.1 Å². The minimum atomic E-state index is -4.18. The summed E-state index contributed by atoms with van der Waals surface area (Å²) in [7, 11) is -4.18. The van der Waals surface area contributed by atoms with Crippen LogP contribution in [0.5, 0.6) is 0 Å². The topological polar surface area (TPSA) is 127 Å². The molecule has 0 saturated carbocycles. The zero-order valence-corrected chi connectivity index (χ0v) is 32.3. The van der Waals surface area contributed by atoms with E-state index in [1.54, 1.807) is 57.3 Å². The Morgan fingerprint density at radius 1 is 0.941 bits per heavy atom. The predicted molar refractivity (Wildman–Crippen MR) is 201 cm³/mol. The van der Waals surface area contributed by atoms with Crippen LogP contribution in [0.2, 0.25) is 0 Å². The van der Waals surface area contributed by atoms with Crippen LogP contribution in [0.3, 0.4) is 0 Å². The van der Waals surface area contributed by atoms with E-state index in [0.717, 1.165) is 35.8 Å². The highest BCUT2D eigenvalue weighted by Gasteiger charge is 2.36. The van der Waals surface area contributed by atoms with Crippen molar-refractivity contribution in [3.05, 3.63) is 64.8 Å². The maximum absolute atomic E-state index is 14.1. The SMILES string of the molecule is CC(C)(C)OC(=O)CN(c1ccc2c(ccn2-c2ccc(N(CCN3CCCCC3)C(=O)OC(C)(C)C)nn2)c1)S(=O)(=O)C1C=C(Cl)C=C(Cl)C1. The van der Waals surface area contributed by atoms with E-state index in [9.17, 15) is 18.0 Å². The molecule has 51 heavy (non-hydrogen) atoms. The van der Waals surface area contributed by atoms with Crippen molar-refractivity contribution in [2.24, 2.45) is 0 Å². The Morgan fingerprint density at radius 2 is 1.65 bits per heavy atom. The number of fused-ring (bicyclic) bond motifs is 1. The predicted octanol–water partition coefficient (Wildman–Crippen LogP) is 7.14. The number of carbonyl (C=O) groups is 2. The number of halogens is 2. The van der Waals surface area contributed by atoms with Gasteiger partial charge in [-0.15, -0.1) is 10.2 Å². The number of hydrogen-bond donors (Lipinski definition) is 0. The zero-order valence-electron chi connectivity index (χ0n) is 29.9. The number of anilines is 2. The number of rotatable bonds is 10. The fourth-order valence-corrected chi connectivity index (χ4v) is 8.49. The van der Waals surface area contributed by atoms with Crippen molar-refractivity contribution in [3.63, 3.8) is 0 Å². The Kier molecular flexibility index (Phi) is 11.7. The second-order valence-corrected chi connectivity index (χ2v) is 17.7. The Morgan fingerprint density at radius 3 is 2.27 bits per heavy atom. The van der Waals surface area contributed by atoms with Gasteiger partial charge in [0.05, 0.1) is 11.2 Å². The lowest BCUT2D eigenvalue weighted by molar-refractivity contribution is -0.152. The van der Waals surface area contributed by atoms with Crippen LogP contribution in [0.1, 0.15) is 67.2 Å². The van der Waals surface area contributed by atoms with E-state index in [1.165, 1.54) is 23.5 Å². The van der Waals surface area contributed by atoms with Crippen LogP contribution in [0.4, 0.5) is 16.3 Å². The zero-order chi connectivity index (χ0) is 37.1. The van der Waals surface area contributed by atoms with Crippen molar-refractivity contribution in [3.8, 4) is 5.82 Å². The molecule has 1 aliphatic heterocycles. The minimum absolute atomic E-state index is 0.0157. The smallest absolute Gasteiger partial charge is 0.416 e. The fraction of sp³-hybridized carbons (Fsp3) is 0.500. The first-order valence-electron chi connectivity index (χ1n) is 17.0. The van der Waals surface area contributed by atoms with E-state index in [-0.39, 0.29) is 17.1 Å². The average Bonchev–Trinajstić information content (AvgIpc) is 3.46. The van der Waals surface area contributed by atoms with E-state index in [1.807, 2.05) is 31.4 Å². The Labute approximate surface area is 310 Å². The number of nitrogens with zero attached hydrogens (tertiary/aromatic N) is 6. The molecule has 3 aromatic rings. The van der Waals surface area contributed by atoms with Gasteiger partial charge in [0.1, 0.15) is 23.0 Å². The molecule has 1 aliphatic carbocycles. The van der Waals surface area contributed by atoms with Gasteiger partial charge in [0, 0.05) is 41.2 Å². The maximum Gasteiger partial charge on any atom is 0.416 e. The van der Waals surface area contributed by atoms with Crippen LogP contribution in [0.15, 0.2) is 64.8 Å². The van der Waals surface area contributed by atoms with Crippen molar-refractivity contribution < 1.29 is 27.5 Å². The van der Waals surface area contributed by atoms with Crippen LogP contribution in [-0.2, 0) is 24.3 Å². The van der Waals surface area contributed by atoms with Gasteiger partial charge in [-0.05, 0) is 116 Å². The highest BCUT2D eigenvalue weighted by atomic mass is 35.5. The summed E-state index contributed by atoms with van der Waals surface area (Å²) < 4.78 is 42.2. The van der Waals surface area contributed by atoms with Crippen molar-refractivity contribution in [2.45, 2.75) is 83.7 Å². The molecule has 1 amide bonds. The van der Waals surface area contributed by atoms with Gasteiger partial charge < -0.3 is 14.4 Å². The highest BCUT2D eigenvalue weighted by Crippen LogP contribution is 2.33. The summed E-state index contributed by atoms with van der Waals surface area (Å²) >= 11 is 12.4. The van der Waals surface area contributed by atoms with Crippen LogP contribution < -0.4 is 9.21 Å². The van der Waals surface area contributed by atoms with Crippen LogP contribution in [0.25, 0.3) is 16.7 Å². The lowest BCUT2D eigenvalue weighted by atomic mass is 10.1. The molecule has 15 heteroatoms. The van der Waals surface area contributed by atoms with Gasteiger partial charge in [-0.1, -0.05) is 29.6 Å². The Hall–Kier alpha value is -3.65. The van der Waals surface area contributed by atoms with E-state index in [4.69, 9.17) is 32.7 Å². The second-order valence-electron chi connectivity index (χ2n) is 14.7. The minimum Gasteiger partial charge on any atom is -0.459 e. The van der Waals surface area contributed by atoms with E-state index in [2.05, 4.69) is 15.1 Å². The molecule has 12 nitrogen and oxygen atoms in total. The van der Waals surface area contributed by atoms with Crippen molar-refractivity contribution >= 4 is 67.7 Å². The van der Waals surface area contributed by atoms with Crippen molar-refractivity contribution in [1.29, 1.82) is 0 Å². The molecule has 1 saturated heterocycles. The number of ether oxygens (including phenoxy) is 2. The monoisotopic (exact) mass is 760 g/mol. The molecule has 1 atom stereocenters. The third-order valence-electron chi connectivity index (χ3n) is 8.24. The van der Waals surface area contributed by atoms with Crippen molar-refractivity contribution in [1.82, 2.24) is 19.7 Å². The molecule has 3 heterocycles. The Bertz CT molecular complexity index is 1910. The molecular weight excluding hydrogens is 715 g/mol. The molecule has 0 spiro atoms. The van der Waals surface area contributed by atoms with Gasteiger partial charge >= 0.3 is 12.1 Å². The molecule has 1 unspecified atom stereocenters. The van der Waals surface area contributed by atoms with Crippen LogP contribution in [0, 0.1) is 0 Å². The van der Waals surface area contributed by atoms with Crippen LogP contribution >= 0.6 is 23.2 Å². The second kappa shape index (κ2) is 15.5. The molecule has 5 rings (SSSR count). The summed E-state index contributed by atoms with van der Waals surface area (Å²) in [6.45, 7) is 13.2. The van der Waals surface area contributed by atoms with Gasteiger partial charge in [0.15, 0.2) is 11.6 Å². The highest BCUT2D eigenvalue weighted by molar-refractivity contribution is 7.93. The number of likely N-dealkylation sites (tertiary alicyclic amines) is 1. The standard InChI is InChI=1S/C36H46Cl2N6O6S/c1-35(2,3)49-33(45)24-44(51(47,48)29-22-26(37)21-27(38)23-29)28-10-11-30-25(20-28)14-17-42(30)31-12-13-32(40-39-31)43(34(46)50-36(4,5)6)19-18-41-15-8-7-9-16-41/h10-14,17,20-22,29H,7-9,15-16,18-19,23-24H2,1-6H3. The lowest BCUT2D eigenvalue weighted by Gasteiger charge is -2.30. The average molecular weight is 762 g/mol. The first-order valence-corrected chi connectivity index (χ1v) is 19.3. The van der Waals surface area contributed by atoms with Gasteiger partial charge in [0.25, 0.3) is 0 Å². The summed E-state index contributed by atoms with van der Waals surface area (Å²) in [4.78, 5) is 30.1. The van der Waals surface area contributed by atoms with Crippen molar-refractivity contribution in [2.75, 3.05) is 41.9 Å². The maximum atomic E-state index is 14.1. The third kappa shape index (κ3) is 10.0. The quantitative estimate of drug-likeness (QED) is 0.198. The summed E-state index contributed by atoms with van der Waals surface area (Å²) in [5, 5.41) is 8.99. The summed E-state index contributed by atoms with van der Waals surface area (Å²) in [5.41, 5.74) is -0.509. The summed E-state index contributed by atoms with van der Waals surface area (Å²) in [5.74, 6) is 0.157. The fourth-order valence-electron chi connectivity index (χ4n) is 5.98. The number of sulfonamides is 1. The molecule has 1 fully saturated rings. The first kappa shape index (κ1) is 38.6.